The van der Waals surface area contributed by atoms with E-state index >= 15 is 0 Å². The number of anilines is 1. The van der Waals surface area contributed by atoms with E-state index in [1.165, 1.54) is 31.4 Å². The molecule has 0 aliphatic carbocycles. The van der Waals surface area contributed by atoms with Crippen LogP contribution in [0.1, 0.15) is 57.6 Å². The van der Waals surface area contributed by atoms with Crippen molar-refractivity contribution >= 4 is 21.7 Å². The molecule has 0 saturated heterocycles. The third-order valence-electron chi connectivity index (χ3n) is 4.38. The Labute approximate surface area is 179 Å². The Bertz CT molecular complexity index is 981. The number of amides is 1. The number of nitrogens with zero attached hydrogens (tertiary/aromatic N) is 2. The SMILES string of the molecule is COCCNS(=O)(=O)c1ccc(C(=O)Nc2cc(C(C)(C)C)nn2C(C)(C)C)cc1. The summed E-state index contributed by atoms with van der Waals surface area (Å²) in [5, 5.41) is 7.59. The van der Waals surface area contributed by atoms with Crippen molar-refractivity contribution in [2.75, 3.05) is 25.6 Å². The van der Waals surface area contributed by atoms with E-state index in [1.54, 1.807) is 4.68 Å². The van der Waals surface area contributed by atoms with Crippen molar-refractivity contribution in [1.82, 2.24) is 14.5 Å². The minimum atomic E-state index is -3.65. The molecule has 1 amide bonds. The molecule has 0 atom stereocenters. The first-order valence-corrected chi connectivity index (χ1v) is 11.2. The number of nitrogens with one attached hydrogen (secondary N) is 2. The number of aromatic nitrogens is 2. The van der Waals surface area contributed by atoms with E-state index in [9.17, 15) is 13.2 Å². The van der Waals surface area contributed by atoms with Crippen molar-refractivity contribution in [1.29, 1.82) is 0 Å². The van der Waals surface area contributed by atoms with Gasteiger partial charge in [0.1, 0.15) is 5.82 Å². The number of sulfonamides is 1. The molecular weight excluding hydrogens is 404 g/mol. The summed E-state index contributed by atoms with van der Waals surface area (Å²) in [4.78, 5) is 12.9. The van der Waals surface area contributed by atoms with E-state index < -0.39 is 10.0 Å². The molecule has 0 saturated carbocycles. The summed E-state index contributed by atoms with van der Waals surface area (Å²) >= 11 is 0. The van der Waals surface area contributed by atoms with Gasteiger partial charge >= 0.3 is 0 Å². The molecule has 0 fully saturated rings. The van der Waals surface area contributed by atoms with Crippen molar-refractivity contribution in [3.63, 3.8) is 0 Å². The van der Waals surface area contributed by atoms with Gasteiger partial charge in [0.15, 0.2) is 0 Å². The fourth-order valence-corrected chi connectivity index (χ4v) is 3.70. The van der Waals surface area contributed by atoms with Gasteiger partial charge in [-0.25, -0.2) is 17.8 Å². The fraction of sp³-hybridized carbons (Fsp3) is 0.524. The lowest BCUT2D eigenvalue weighted by Crippen LogP contribution is -2.28. The molecule has 2 aromatic rings. The topological polar surface area (TPSA) is 102 Å². The van der Waals surface area contributed by atoms with Crippen LogP contribution >= 0.6 is 0 Å². The molecule has 0 aliphatic heterocycles. The first kappa shape index (κ1) is 24.0. The molecule has 9 heteroatoms. The normalized spacial score (nSPS) is 12.8. The highest BCUT2D eigenvalue weighted by Gasteiger charge is 2.26. The van der Waals surface area contributed by atoms with Crippen LogP contribution in [0.4, 0.5) is 5.82 Å². The molecule has 0 unspecified atom stereocenters. The number of hydrogen-bond donors (Lipinski definition) is 2. The number of hydrogen-bond acceptors (Lipinski definition) is 5. The maximum absolute atomic E-state index is 12.8. The highest BCUT2D eigenvalue weighted by atomic mass is 32.2. The first-order valence-electron chi connectivity index (χ1n) is 9.77. The Morgan fingerprint density at radius 3 is 2.20 bits per heavy atom. The van der Waals surface area contributed by atoms with Crippen molar-refractivity contribution in [3.8, 4) is 0 Å². The number of rotatable bonds is 7. The lowest BCUT2D eigenvalue weighted by molar-refractivity contribution is 0.102. The molecule has 1 aromatic heterocycles. The average molecular weight is 437 g/mol. The minimum Gasteiger partial charge on any atom is -0.383 e. The highest BCUT2D eigenvalue weighted by Crippen LogP contribution is 2.28. The number of benzene rings is 1. The Hall–Kier alpha value is -2.23. The van der Waals surface area contributed by atoms with Crippen LogP contribution < -0.4 is 10.0 Å². The van der Waals surface area contributed by atoms with Crippen molar-refractivity contribution in [3.05, 3.63) is 41.6 Å². The van der Waals surface area contributed by atoms with E-state index in [-0.39, 0.29) is 34.9 Å². The second-order valence-electron chi connectivity index (χ2n) is 9.12. The first-order chi connectivity index (χ1) is 13.8. The van der Waals surface area contributed by atoms with Crippen LogP contribution in [0.25, 0.3) is 0 Å². The minimum absolute atomic E-state index is 0.0879. The zero-order valence-corrected chi connectivity index (χ0v) is 19.6. The monoisotopic (exact) mass is 436 g/mol. The van der Waals surface area contributed by atoms with E-state index in [1.807, 2.05) is 26.8 Å². The quantitative estimate of drug-likeness (QED) is 0.649. The number of methoxy groups -OCH3 is 1. The van der Waals surface area contributed by atoms with Gasteiger partial charge in [0.2, 0.25) is 10.0 Å². The van der Waals surface area contributed by atoms with E-state index in [0.29, 0.717) is 11.4 Å². The van der Waals surface area contributed by atoms with Crippen LogP contribution in [0.5, 0.6) is 0 Å². The van der Waals surface area contributed by atoms with Gasteiger partial charge < -0.3 is 10.1 Å². The van der Waals surface area contributed by atoms with E-state index in [0.717, 1.165) is 5.69 Å². The van der Waals surface area contributed by atoms with Crippen LogP contribution in [-0.2, 0) is 25.7 Å². The van der Waals surface area contributed by atoms with E-state index in [2.05, 4.69) is 35.9 Å². The van der Waals surface area contributed by atoms with Gasteiger partial charge in [-0.05, 0) is 45.0 Å². The molecule has 1 aromatic carbocycles. The predicted molar refractivity (Wildman–Crippen MR) is 117 cm³/mol. The second-order valence-corrected chi connectivity index (χ2v) is 10.9. The fourth-order valence-electron chi connectivity index (χ4n) is 2.68. The molecule has 2 N–H and O–H groups in total. The molecule has 0 radical (unpaired) electrons. The van der Waals surface area contributed by atoms with Crippen LogP contribution in [0, 0.1) is 0 Å². The molecule has 166 valence electrons. The third-order valence-corrected chi connectivity index (χ3v) is 5.86. The van der Waals surface area contributed by atoms with Crippen molar-refractivity contribution in [2.24, 2.45) is 0 Å². The molecule has 0 spiro atoms. The van der Waals surface area contributed by atoms with Crippen molar-refractivity contribution in [2.45, 2.75) is 57.4 Å². The van der Waals surface area contributed by atoms with Gasteiger partial charge in [-0.15, -0.1) is 0 Å². The number of carbonyl (C=O) groups excluding carboxylic acids is 1. The smallest absolute Gasteiger partial charge is 0.256 e. The van der Waals surface area contributed by atoms with E-state index in [4.69, 9.17) is 4.74 Å². The maximum Gasteiger partial charge on any atom is 0.256 e. The Morgan fingerprint density at radius 1 is 1.10 bits per heavy atom. The summed E-state index contributed by atoms with van der Waals surface area (Å²) in [6.45, 7) is 12.7. The molecule has 30 heavy (non-hydrogen) atoms. The van der Waals surface area contributed by atoms with Crippen LogP contribution in [0.3, 0.4) is 0 Å². The van der Waals surface area contributed by atoms with Gasteiger partial charge in [0.25, 0.3) is 5.91 Å². The zero-order valence-electron chi connectivity index (χ0n) is 18.7. The molecule has 0 aliphatic rings. The summed E-state index contributed by atoms with van der Waals surface area (Å²) in [6.07, 6.45) is 0. The lowest BCUT2D eigenvalue weighted by Gasteiger charge is -2.23. The standard InChI is InChI=1S/C21H32N4O4S/c1-20(2,3)17-14-18(25(24-17)21(4,5)6)23-19(26)15-8-10-16(11-9-15)30(27,28)22-12-13-29-7/h8-11,14,22H,12-13H2,1-7H3,(H,23,26). The van der Waals surface area contributed by atoms with Crippen LogP contribution in [0.15, 0.2) is 35.2 Å². The summed E-state index contributed by atoms with van der Waals surface area (Å²) < 4.78 is 33.6. The molecule has 8 nitrogen and oxygen atoms in total. The number of carbonyl (C=O) groups is 1. The molecule has 2 rings (SSSR count). The lowest BCUT2D eigenvalue weighted by atomic mass is 9.92. The Morgan fingerprint density at radius 2 is 1.70 bits per heavy atom. The third kappa shape index (κ3) is 5.90. The summed E-state index contributed by atoms with van der Waals surface area (Å²) in [6, 6.07) is 7.67. The predicted octanol–water partition coefficient (Wildman–Crippen LogP) is 3.11. The van der Waals surface area contributed by atoms with Crippen LogP contribution in [0.2, 0.25) is 0 Å². The number of ether oxygens (including phenoxy) is 1. The van der Waals surface area contributed by atoms with Crippen molar-refractivity contribution < 1.29 is 17.9 Å². The maximum atomic E-state index is 12.8. The highest BCUT2D eigenvalue weighted by molar-refractivity contribution is 7.89. The average Bonchev–Trinajstić information content (AvgIpc) is 3.06. The molecule has 0 bridgehead atoms. The Balaban J connectivity index is 2.24. The van der Waals surface area contributed by atoms with Gasteiger partial charge in [-0.2, -0.15) is 5.10 Å². The Kier molecular flexibility index (Phi) is 7.11. The summed E-state index contributed by atoms with van der Waals surface area (Å²) in [7, 11) is -2.15. The van der Waals surface area contributed by atoms with Crippen LogP contribution in [-0.4, -0.2) is 44.4 Å². The summed E-state index contributed by atoms with van der Waals surface area (Å²) in [5.41, 5.74) is 0.737. The van der Waals surface area contributed by atoms with Gasteiger partial charge in [0.05, 0.1) is 22.7 Å². The van der Waals surface area contributed by atoms with Gasteiger partial charge in [0, 0.05) is 30.7 Å². The second kappa shape index (κ2) is 8.87. The van der Waals surface area contributed by atoms with Gasteiger partial charge in [-0.1, -0.05) is 20.8 Å². The summed E-state index contributed by atoms with van der Waals surface area (Å²) in [5.74, 6) is 0.257. The largest absolute Gasteiger partial charge is 0.383 e. The zero-order chi connectivity index (χ0) is 22.7. The van der Waals surface area contributed by atoms with Gasteiger partial charge in [-0.3, -0.25) is 4.79 Å². The molecule has 1 heterocycles. The molecular formula is C21H32N4O4S.